The highest BCUT2D eigenvalue weighted by atomic mass is 35.5. The zero-order valence-corrected chi connectivity index (χ0v) is 25.0. The molecule has 0 saturated carbocycles. The molecule has 1 amide bonds. The maximum Gasteiger partial charge on any atom is 0.254 e. The number of hydrogen-bond donors (Lipinski definition) is 1. The summed E-state index contributed by atoms with van der Waals surface area (Å²) in [6.45, 7) is 1.21. The van der Waals surface area contributed by atoms with Crippen LogP contribution in [0.5, 0.6) is 0 Å². The molecule has 1 N–H and O–H groups in total. The molecule has 228 valence electrons. The molecular weight excluding hydrogens is 625 g/mol. The van der Waals surface area contributed by atoms with Crippen molar-refractivity contribution in [3.63, 3.8) is 0 Å². The molecule has 1 fully saturated rings. The molecule has 1 saturated heterocycles. The van der Waals surface area contributed by atoms with Crippen LogP contribution in [0.25, 0.3) is 28.1 Å². The van der Waals surface area contributed by atoms with Crippen molar-refractivity contribution < 1.29 is 13.6 Å². The summed E-state index contributed by atoms with van der Waals surface area (Å²) in [5, 5.41) is 10.6. The third-order valence-corrected chi connectivity index (χ3v) is 8.71. The van der Waals surface area contributed by atoms with Gasteiger partial charge in [-0.25, -0.2) is 18.4 Å². The van der Waals surface area contributed by atoms with Crippen LogP contribution in [0.1, 0.15) is 31.0 Å². The van der Waals surface area contributed by atoms with E-state index in [1.54, 1.807) is 24.4 Å². The van der Waals surface area contributed by atoms with Crippen LogP contribution in [-0.4, -0.2) is 59.5 Å². The van der Waals surface area contributed by atoms with Crippen molar-refractivity contribution in [3.05, 3.63) is 105 Å². The van der Waals surface area contributed by atoms with Crippen molar-refractivity contribution in [1.29, 1.82) is 0 Å². The molecule has 0 spiro atoms. The van der Waals surface area contributed by atoms with Crippen LogP contribution in [-0.2, 0) is 4.79 Å². The van der Waals surface area contributed by atoms with Gasteiger partial charge in [-0.2, -0.15) is 0 Å². The van der Waals surface area contributed by atoms with E-state index in [4.69, 9.17) is 23.2 Å². The van der Waals surface area contributed by atoms with Crippen molar-refractivity contribution in [1.82, 2.24) is 34.4 Å². The first kappa shape index (κ1) is 29.2. The van der Waals surface area contributed by atoms with Crippen molar-refractivity contribution in [2.24, 2.45) is 0 Å². The van der Waals surface area contributed by atoms with Gasteiger partial charge in [0.05, 0.1) is 52.3 Å². The number of hydrogen-bond acceptors (Lipinski definition) is 7. The van der Waals surface area contributed by atoms with Gasteiger partial charge in [0, 0.05) is 30.1 Å². The predicted octanol–water partition coefficient (Wildman–Crippen LogP) is 5.53. The number of nitrogens with one attached hydrogen (secondary N) is 1. The SMILES string of the molecule is O=C1Nc2ccc(F)cc2-c2ccnc(c2)[C@@H](n2cnc(-c3c(-n4cc(Cl)nn4)ccc(Cl)c3F)cc2=O)CCN2CCC[C@@H]12. The van der Waals surface area contributed by atoms with Gasteiger partial charge in [-0.1, -0.05) is 28.4 Å². The van der Waals surface area contributed by atoms with E-state index in [-0.39, 0.29) is 39.1 Å². The van der Waals surface area contributed by atoms with Crippen LogP contribution in [0, 0.1) is 11.6 Å². The maximum absolute atomic E-state index is 15.5. The number of halogens is 4. The van der Waals surface area contributed by atoms with Crippen molar-refractivity contribution in [3.8, 4) is 28.1 Å². The van der Waals surface area contributed by atoms with Crippen LogP contribution in [0.15, 0.2) is 72.0 Å². The molecule has 45 heavy (non-hydrogen) atoms. The van der Waals surface area contributed by atoms with E-state index in [2.05, 4.69) is 30.5 Å². The number of carbonyl (C=O) groups is 1. The van der Waals surface area contributed by atoms with Gasteiger partial charge in [0.2, 0.25) is 5.91 Å². The molecule has 5 aromatic rings. The largest absolute Gasteiger partial charge is 0.324 e. The van der Waals surface area contributed by atoms with Crippen LogP contribution in [0.4, 0.5) is 14.5 Å². The number of nitrogens with zero attached hydrogens (tertiary/aromatic N) is 7. The van der Waals surface area contributed by atoms with Crippen LogP contribution < -0.4 is 10.9 Å². The summed E-state index contributed by atoms with van der Waals surface area (Å²) >= 11 is 12.1. The first-order valence-corrected chi connectivity index (χ1v) is 15.0. The molecule has 0 radical (unpaired) electrons. The van der Waals surface area contributed by atoms with E-state index in [0.717, 1.165) is 6.42 Å². The third kappa shape index (κ3) is 5.49. The Bertz CT molecular complexity index is 2020. The molecule has 0 aliphatic carbocycles. The first-order chi connectivity index (χ1) is 21.8. The van der Waals surface area contributed by atoms with Gasteiger partial charge in [0.25, 0.3) is 5.56 Å². The molecule has 2 aliphatic rings. The van der Waals surface area contributed by atoms with E-state index in [1.807, 2.05) is 0 Å². The number of benzene rings is 2. The molecule has 2 aromatic carbocycles. The van der Waals surface area contributed by atoms with Gasteiger partial charge < -0.3 is 5.32 Å². The van der Waals surface area contributed by atoms with E-state index < -0.39 is 23.2 Å². The van der Waals surface area contributed by atoms with Gasteiger partial charge >= 0.3 is 0 Å². The monoisotopic (exact) mass is 648 g/mol. The minimum absolute atomic E-state index is 0.0356. The van der Waals surface area contributed by atoms with Crippen LogP contribution >= 0.6 is 23.2 Å². The number of pyridine rings is 1. The van der Waals surface area contributed by atoms with Gasteiger partial charge in [-0.15, -0.1) is 5.10 Å². The van der Waals surface area contributed by atoms with Crippen molar-refractivity contribution >= 4 is 34.8 Å². The summed E-state index contributed by atoms with van der Waals surface area (Å²) in [4.78, 5) is 38.3. The second-order valence-corrected chi connectivity index (χ2v) is 11.7. The van der Waals surface area contributed by atoms with Gasteiger partial charge in [-0.05, 0) is 73.8 Å². The van der Waals surface area contributed by atoms with Crippen molar-refractivity contribution in [2.75, 3.05) is 18.4 Å². The number of aromatic nitrogens is 6. The molecule has 0 unspecified atom stereocenters. The zero-order chi connectivity index (χ0) is 31.2. The standard InChI is InChI=1S/C31H24Cl2F2N8O2/c32-20-4-6-25(43-15-27(33)39-40-43)29(30(20)35)23-14-28(44)42(16-37-23)24-8-11-41-10-1-2-26(41)31(45)38-21-5-3-18(34)13-19(21)17-7-9-36-22(24)12-17/h3-7,9,12-16,24,26H,1-2,8,10-11H2,(H,38,45)/t24-,26-/m0/s1. The Labute approximate surface area is 265 Å². The lowest BCUT2D eigenvalue weighted by Gasteiger charge is -2.28. The maximum atomic E-state index is 15.5. The number of anilines is 1. The summed E-state index contributed by atoms with van der Waals surface area (Å²) in [6, 6.07) is 10.9. The van der Waals surface area contributed by atoms with Gasteiger partial charge in [0.15, 0.2) is 11.0 Å². The summed E-state index contributed by atoms with van der Waals surface area (Å²) < 4.78 is 32.6. The highest BCUT2D eigenvalue weighted by Crippen LogP contribution is 2.35. The second kappa shape index (κ2) is 11.8. The summed E-state index contributed by atoms with van der Waals surface area (Å²) in [5.74, 6) is -1.40. The molecule has 10 nitrogen and oxygen atoms in total. The molecule has 2 aliphatic heterocycles. The summed E-state index contributed by atoms with van der Waals surface area (Å²) in [6.07, 6.45) is 6.27. The molecular formula is C31H24Cl2F2N8O2. The molecule has 5 heterocycles. The van der Waals surface area contributed by atoms with Crippen LogP contribution in [0.3, 0.4) is 0 Å². The Balaban J connectivity index is 1.35. The number of carbonyl (C=O) groups excluding carboxylic acids is 1. The molecule has 3 aromatic heterocycles. The number of amides is 1. The molecule has 14 heteroatoms. The first-order valence-electron chi connectivity index (χ1n) is 14.2. The smallest absolute Gasteiger partial charge is 0.254 e. The number of rotatable bonds is 3. The summed E-state index contributed by atoms with van der Waals surface area (Å²) in [5.41, 5.74) is 1.92. The predicted molar refractivity (Wildman–Crippen MR) is 164 cm³/mol. The lowest BCUT2D eigenvalue weighted by atomic mass is 9.99. The highest BCUT2D eigenvalue weighted by Gasteiger charge is 2.33. The van der Waals surface area contributed by atoms with Crippen LogP contribution in [0.2, 0.25) is 10.2 Å². The zero-order valence-electron chi connectivity index (χ0n) is 23.5. The molecule has 2 atom stereocenters. The third-order valence-electron chi connectivity index (χ3n) is 8.24. The fourth-order valence-corrected chi connectivity index (χ4v) is 6.39. The fourth-order valence-electron chi connectivity index (χ4n) is 6.10. The average Bonchev–Trinajstić information content (AvgIpc) is 3.69. The topological polar surface area (TPSA) is 111 Å². The van der Waals surface area contributed by atoms with Crippen molar-refractivity contribution in [2.45, 2.75) is 31.3 Å². The Morgan fingerprint density at radius 1 is 0.933 bits per heavy atom. The lowest BCUT2D eigenvalue weighted by molar-refractivity contribution is -0.120. The van der Waals surface area contributed by atoms with Gasteiger partial charge in [0.1, 0.15) is 5.82 Å². The Morgan fingerprint density at radius 3 is 2.60 bits per heavy atom. The Hall–Kier alpha value is -4.52. The van der Waals surface area contributed by atoms with Gasteiger partial charge in [-0.3, -0.25) is 24.0 Å². The minimum Gasteiger partial charge on any atom is -0.324 e. The minimum atomic E-state index is -0.782. The molecule has 7 rings (SSSR count). The fraction of sp³-hybridized carbons (Fsp3) is 0.226. The van der Waals surface area contributed by atoms with E-state index in [9.17, 15) is 14.0 Å². The number of fused-ring (bicyclic) bond motifs is 5. The quantitative estimate of drug-likeness (QED) is 0.274. The lowest BCUT2D eigenvalue weighted by Crippen LogP contribution is -2.41. The highest BCUT2D eigenvalue weighted by molar-refractivity contribution is 6.31. The molecule has 2 bridgehead atoms. The Morgan fingerprint density at radius 2 is 1.80 bits per heavy atom. The summed E-state index contributed by atoms with van der Waals surface area (Å²) in [7, 11) is 0. The van der Waals surface area contributed by atoms with E-state index in [0.29, 0.717) is 48.4 Å². The second-order valence-electron chi connectivity index (χ2n) is 10.9. The average molecular weight is 649 g/mol. The normalized spacial score (nSPS) is 18.4. The van der Waals surface area contributed by atoms with E-state index >= 15 is 4.39 Å². The van der Waals surface area contributed by atoms with E-state index in [1.165, 1.54) is 52.1 Å². The Kier molecular flexibility index (Phi) is 7.64.